The molecule has 0 saturated carbocycles. The first-order valence-corrected chi connectivity index (χ1v) is 28.1. The van der Waals surface area contributed by atoms with E-state index >= 15 is 0 Å². The summed E-state index contributed by atoms with van der Waals surface area (Å²) in [6, 6.07) is -1.23. The Balaban J connectivity index is 0.0000218. The average molecular weight is 984 g/mol. The van der Waals surface area contributed by atoms with Gasteiger partial charge < -0.3 is 39.2 Å². The van der Waals surface area contributed by atoms with Crippen LogP contribution in [-0.2, 0) is 37.5 Å². The number of nitrogens with one attached hydrogen (secondary N) is 2. The van der Waals surface area contributed by atoms with Gasteiger partial charge in [-0.2, -0.15) is 11.8 Å². The molecule has 0 bridgehead atoms. The summed E-state index contributed by atoms with van der Waals surface area (Å²) in [5, 5.41) is 14.8. The van der Waals surface area contributed by atoms with E-state index in [0.29, 0.717) is 37.9 Å². The molecule has 0 aromatic rings. The summed E-state index contributed by atoms with van der Waals surface area (Å²) < 4.78 is 33.6. The molecule has 0 aliphatic carbocycles. The van der Waals surface area contributed by atoms with E-state index < -0.39 is 44.6 Å². The minimum Gasteiger partial charge on any atom is -0.756 e. The first kappa shape index (κ1) is 62.6. The summed E-state index contributed by atoms with van der Waals surface area (Å²) in [6.07, 6.45) is 30.9. The van der Waals surface area contributed by atoms with Crippen LogP contribution in [0.5, 0.6) is 0 Å². The molecule has 2 rings (SSSR count). The normalized spacial score (nSPS) is 18.0. The molecule has 0 spiro atoms. The van der Waals surface area contributed by atoms with E-state index in [4.69, 9.17) is 18.5 Å². The number of carbonyl (C=O) groups is 5. The first-order chi connectivity index (χ1) is 31.5. The number of ether oxygens (including phenoxy) is 2. The van der Waals surface area contributed by atoms with Crippen molar-refractivity contribution < 1.29 is 86.6 Å². The zero-order valence-electron chi connectivity index (χ0n) is 41.2. The van der Waals surface area contributed by atoms with Crippen molar-refractivity contribution in [2.45, 2.75) is 243 Å². The number of urea groups is 1. The second-order valence-electron chi connectivity index (χ2n) is 18.0. The maximum atomic E-state index is 12.8. The van der Waals surface area contributed by atoms with Gasteiger partial charge in [0, 0.05) is 36.8 Å². The Morgan fingerprint density at radius 2 is 1.18 bits per heavy atom. The minimum absolute atomic E-state index is 0. The molecule has 3 N–H and O–H groups in total. The van der Waals surface area contributed by atoms with Crippen molar-refractivity contribution in [1.82, 2.24) is 15.5 Å². The first-order valence-electron chi connectivity index (χ1n) is 25.6. The van der Waals surface area contributed by atoms with Crippen molar-refractivity contribution in [1.29, 1.82) is 0 Å². The molecule has 2 fully saturated rings. The number of phosphoric acid groups is 1. The molecule has 4 amide bonds. The number of amides is 4. The largest absolute Gasteiger partial charge is 1.00 e. The second-order valence-corrected chi connectivity index (χ2v) is 20.7. The van der Waals surface area contributed by atoms with Crippen LogP contribution in [-0.4, -0.2) is 95.5 Å². The predicted octanol–water partition coefficient (Wildman–Crippen LogP) is 8.14. The number of carbonyl (C=O) groups excluding carboxylic acids is 4. The van der Waals surface area contributed by atoms with Crippen LogP contribution >= 0.6 is 19.6 Å². The summed E-state index contributed by atoms with van der Waals surface area (Å²) >= 11 is 1.61. The fraction of sp³-hybridized carbons (Fsp3) is 0.896. The van der Waals surface area contributed by atoms with E-state index in [2.05, 4.69) is 24.5 Å². The van der Waals surface area contributed by atoms with Gasteiger partial charge in [-0.15, -0.1) is 0 Å². The molecule has 18 heteroatoms. The molecule has 0 aromatic carbocycles. The Morgan fingerprint density at radius 3 is 1.68 bits per heavy atom. The van der Waals surface area contributed by atoms with E-state index in [1.54, 1.807) is 11.8 Å². The molecule has 0 aromatic heterocycles. The van der Waals surface area contributed by atoms with E-state index in [1.165, 1.54) is 116 Å². The van der Waals surface area contributed by atoms with Crippen LogP contribution in [0.15, 0.2) is 0 Å². The summed E-state index contributed by atoms with van der Waals surface area (Å²) in [5.41, 5.74) is 0. The Bertz CT molecular complexity index is 1370. The van der Waals surface area contributed by atoms with Crippen LogP contribution in [0.3, 0.4) is 0 Å². The minimum atomic E-state index is -4.86. The molecule has 2 heterocycles. The molecule has 2 aliphatic heterocycles. The fourth-order valence-electron chi connectivity index (χ4n) is 8.43. The summed E-state index contributed by atoms with van der Waals surface area (Å²) in [5.74, 6) is -0.704. The number of hydrogen-bond donors (Lipinski definition) is 3. The molecule has 2 aliphatic rings. The van der Waals surface area contributed by atoms with Crippen molar-refractivity contribution in [3.63, 3.8) is 0 Å². The van der Waals surface area contributed by atoms with Crippen LogP contribution in [0.2, 0.25) is 0 Å². The van der Waals surface area contributed by atoms with Crippen LogP contribution in [0, 0.1) is 0 Å². The van der Waals surface area contributed by atoms with Gasteiger partial charge in [0.15, 0.2) is 6.10 Å². The Morgan fingerprint density at radius 1 is 0.712 bits per heavy atom. The number of fused-ring (bicyclic) bond motifs is 1. The van der Waals surface area contributed by atoms with Gasteiger partial charge in [0.2, 0.25) is 5.91 Å². The molecule has 378 valence electrons. The van der Waals surface area contributed by atoms with Crippen molar-refractivity contribution in [3.8, 4) is 0 Å². The van der Waals surface area contributed by atoms with Crippen LogP contribution in [0.25, 0.3) is 0 Å². The smallest absolute Gasteiger partial charge is 0.756 e. The Kier molecular flexibility index (Phi) is 38.3. The van der Waals surface area contributed by atoms with Gasteiger partial charge in [-0.1, -0.05) is 174 Å². The average Bonchev–Trinajstić information content (AvgIpc) is 3.82. The number of nitrogens with zero attached hydrogens (tertiary/aromatic N) is 1. The van der Waals surface area contributed by atoms with Gasteiger partial charge in [0.1, 0.15) is 6.61 Å². The van der Waals surface area contributed by atoms with Crippen molar-refractivity contribution in [2.24, 2.45) is 0 Å². The van der Waals surface area contributed by atoms with Gasteiger partial charge in [-0.25, -0.2) is 14.5 Å². The molecule has 15 nitrogen and oxygen atoms in total. The number of hydrogen-bond acceptors (Lipinski definition) is 12. The zero-order valence-corrected chi connectivity index (χ0v) is 44.9. The van der Waals surface area contributed by atoms with Gasteiger partial charge in [-0.3, -0.25) is 18.9 Å². The number of phosphoric ester groups is 1. The van der Waals surface area contributed by atoms with Crippen LogP contribution < -0.4 is 45.1 Å². The third-order valence-corrected chi connectivity index (χ3v) is 14.7. The SMILES string of the molecule is CCCCCCCCCCCCCCCC(=O)OCC(COP(=O)([O-])OCCNC(=O)CCCCC1SC[C@H]2[C@@H]1NC(=O)N2C(=O)O)OC(=O)CCCCCCCCCCCCCCC.[Na+]. The molecule has 3 unspecified atom stereocenters. The molecular formula is C48H87N3NaO12PS. The predicted molar refractivity (Wildman–Crippen MR) is 255 cm³/mol. The maximum Gasteiger partial charge on any atom is 1.00 e. The number of thioether (sulfide) groups is 1. The molecule has 0 radical (unpaired) electrons. The fourth-order valence-corrected chi connectivity index (χ4v) is 10.8. The Labute approximate surface area is 424 Å². The van der Waals surface area contributed by atoms with E-state index in [0.717, 1.165) is 43.4 Å². The van der Waals surface area contributed by atoms with Crippen molar-refractivity contribution >= 4 is 49.6 Å². The number of imide groups is 1. The summed E-state index contributed by atoms with van der Waals surface area (Å²) in [7, 11) is -4.86. The maximum absolute atomic E-state index is 12.8. The van der Waals surface area contributed by atoms with Crippen LogP contribution in [0.4, 0.5) is 9.59 Å². The van der Waals surface area contributed by atoms with E-state index in [9.17, 15) is 38.5 Å². The molecule has 2 saturated heterocycles. The molecule has 5 atom stereocenters. The van der Waals surface area contributed by atoms with Gasteiger partial charge >= 0.3 is 53.6 Å². The van der Waals surface area contributed by atoms with Crippen molar-refractivity contribution in [3.05, 3.63) is 0 Å². The number of carboxylic acid groups (broad SMARTS) is 1. The number of esters is 2. The molecule has 66 heavy (non-hydrogen) atoms. The van der Waals surface area contributed by atoms with E-state index in [-0.39, 0.29) is 91.8 Å². The van der Waals surface area contributed by atoms with E-state index in [1.807, 2.05) is 0 Å². The number of unbranched alkanes of at least 4 members (excludes halogenated alkanes) is 25. The van der Waals surface area contributed by atoms with Gasteiger partial charge in [-0.05, 0) is 25.7 Å². The van der Waals surface area contributed by atoms with Crippen LogP contribution in [0.1, 0.15) is 219 Å². The third-order valence-electron chi connectivity index (χ3n) is 12.3. The third kappa shape index (κ3) is 31.0. The summed E-state index contributed by atoms with van der Waals surface area (Å²) in [6.45, 7) is 3.10. The molecular weight excluding hydrogens is 897 g/mol. The standard InChI is InChI=1S/C48H88N3O12PS.Na/c1-3-5-7-9-11-13-15-17-19-21-23-25-27-33-44(53)60-37-40(63-45(54)34-28-26-24-22-20-18-16-14-12-10-8-6-4-2)38-62-64(58,59)61-36-35-49-43(52)32-30-29-31-42-46-41(39-65-42)51(48(56)57)47(55)50-46;/h40-42,46H,3-39H2,1-2H3,(H,49,52)(H,50,55)(H,56,57)(H,58,59);/q;+1/p-1/t40?,41-,42?,46-;/m0./s1. The zero-order chi connectivity index (χ0) is 47.4. The monoisotopic (exact) mass is 984 g/mol. The quantitative estimate of drug-likeness (QED) is 0.0173. The van der Waals surface area contributed by atoms with Gasteiger partial charge in [0.25, 0.3) is 7.82 Å². The number of rotatable bonds is 43. The topological polar surface area (TPSA) is 210 Å². The van der Waals surface area contributed by atoms with Gasteiger partial charge in [0.05, 0.1) is 25.3 Å². The Hall–Kier alpha value is -1.39. The van der Waals surface area contributed by atoms with Crippen molar-refractivity contribution in [2.75, 3.05) is 32.1 Å². The summed E-state index contributed by atoms with van der Waals surface area (Å²) in [4.78, 5) is 74.6. The second kappa shape index (κ2) is 40.4.